The molecule has 0 spiro atoms. The normalized spacial score (nSPS) is 19.4. The molecule has 25 heavy (non-hydrogen) atoms. The van der Waals surface area contributed by atoms with Crippen molar-refractivity contribution in [2.45, 2.75) is 25.4 Å². The lowest BCUT2D eigenvalue weighted by molar-refractivity contribution is -0.138. The quantitative estimate of drug-likeness (QED) is 0.817. The van der Waals surface area contributed by atoms with E-state index >= 15 is 0 Å². The first kappa shape index (κ1) is 17.4. The minimum absolute atomic E-state index is 0.111. The Morgan fingerprint density at radius 1 is 1.24 bits per heavy atom. The van der Waals surface area contributed by atoms with Crippen LogP contribution in [0.5, 0.6) is 0 Å². The van der Waals surface area contributed by atoms with E-state index < -0.39 is 35.4 Å². The van der Waals surface area contributed by atoms with E-state index in [0.717, 1.165) is 17.4 Å². The van der Waals surface area contributed by atoms with Gasteiger partial charge in [0.25, 0.3) is 5.91 Å². The van der Waals surface area contributed by atoms with Gasteiger partial charge in [-0.15, -0.1) is 11.3 Å². The van der Waals surface area contributed by atoms with Gasteiger partial charge in [-0.1, -0.05) is 18.2 Å². The number of carbonyl (C=O) groups excluding carboxylic acids is 2. The van der Waals surface area contributed by atoms with Crippen molar-refractivity contribution in [3.63, 3.8) is 0 Å². The molecule has 5 nitrogen and oxygen atoms in total. The number of aryl methyl sites for hydroxylation is 1. The first-order valence-corrected chi connectivity index (χ1v) is 8.33. The smallest absolute Gasteiger partial charge is 0.273 e. The van der Waals surface area contributed by atoms with E-state index in [9.17, 15) is 22.8 Å². The van der Waals surface area contributed by atoms with Crippen LogP contribution in [0.2, 0.25) is 0 Å². The molecular formula is C16H14F3N3O2S. The average molecular weight is 369 g/mol. The highest BCUT2D eigenvalue weighted by molar-refractivity contribution is 7.11. The van der Waals surface area contributed by atoms with Crippen molar-refractivity contribution in [2.75, 3.05) is 0 Å². The standard InChI is InChI=1S/C16H14F3N3O2S/c1-8-13(25-7-20-8)15(24)22-21-14(23)11-6-10(11)9-4-2-3-5-12(9)16(17,18)19/h2-5,7,10-11H,6H2,1H3,(H,21,23)(H,22,24)/t10-,11-/m0/s1. The lowest BCUT2D eigenvalue weighted by Gasteiger charge is -2.12. The summed E-state index contributed by atoms with van der Waals surface area (Å²) in [6.45, 7) is 1.66. The molecule has 1 aromatic heterocycles. The first-order chi connectivity index (χ1) is 11.8. The molecule has 1 aliphatic carbocycles. The molecular weight excluding hydrogens is 355 g/mol. The zero-order chi connectivity index (χ0) is 18.2. The first-order valence-electron chi connectivity index (χ1n) is 7.45. The van der Waals surface area contributed by atoms with Crippen molar-refractivity contribution >= 4 is 23.2 Å². The molecule has 132 valence electrons. The maximum absolute atomic E-state index is 13.1. The highest BCUT2D eigenvalue weighted by Gasteiger charge is 2.47. The third kappa shape index (κ3) is 3.65. The summed E-state index contributed by atoms with van der Waals surface area (Å²) in [7, 11) is 0. The molecule has 1 saturated carbocycles. The number of hydrogen-bond donors (Lipinski definition) is 2. The topological polar surface area (TPSA) is 71.1 Å². The summed E-state index contributed by atoms with van der Waals surface area (Å²) < 4.78 is 39.2. The van der Waals surface area contributed by atoms with Gasteiger partial charge < -0.3 is 0 Å². The van der Waals surface area contributed by atoms with Crippen LogP contribution in [-0.4, -0.2) is 16.8 Å². The van der Waals surface area contributed by atoms with E-state index in [0.29, 0.717) is 17.0 Å². The molecule has 3 rings (SSSR count). The van der Waals surface area contributed by atoms with Crippen molar-refractivity contribution in [1.29, 1.82) is 0 Å². The highest BCUT2D eigenvalue weighted by atomic mass is 32.1. The minimum Gasteiger partial charge on any atom is -0.273 e. The van der Waals surface area contributed by atoms with Crippen LogP contribution in [0.3, 0.4) is 0 Å². The predicted octanol–water partition coefficient (Wildman–Crippen LogP) is 3.04. The predicted molar refractivity (Wildman–Crippen MR) is 84.8 cm³/mol. The van der Waals surface area contributed by atoms with Crippen molar-refractivity contribution < 1.29 is 22.8 Å². The van der Waals surface area contributed by atoms with Crippen LogP contribution in [0.4, 0.5) is 13.2 Å². The van der Waals surface area contributed by atoms with Crippen LogP contribution in [0.1, 0.15) is 38.8 Å². The van der Waals surface area contributed by atoms with Crippen LogP contribution in [-0.2, 0) is 11.0 Å². The Kier molecular flexibility index (Phi) is 4.51. The highest BCUT2D eigenvalue weighted by Crippen LogP contribution is 2.50. The van der Waals surface area contributed by atoms with E-state index in [1.54, 1.807) is 6.92 Å². The summed E-state index contributed by atoms with van der Waals surface area (Å²) in [5.41, 5.74) is 5.99. The average Bonchev–Trinajstić information content (AvgIpc) is 3.25. The fraction of sp³-hybridized carbons (Fsp3) is 0.312. The molecule has 0 aliphatic heterocycles. The van der Waals surface area contributed by atoms with Gasteiger partial charge in [0.15, 0.2) is 0 Å². The van der Waals surface area contributed by atoms with Crippen LogP contribution in [0, 0.1) is 12.8 Å². The summed E-state index contributed by atoms with van der Waals surface area (Å²) in [6, 6.07) is 5.24. The Morgan fingerprint density at radius 2 is 1.96 bits per heavy atom. The maximum Gasteiger partial charge on any atom is 0.416 e. The Balaban J connectivity index is 1.62. The van der Waals surface area contributed by atoms with E-state index in [1.165, 1.54) is 23.7 Å². The second-order valence-electron chi connectivity index (χ2n) is 5.74. The number of aromatic nitrogens is 1. The van der Waals surface area contributed by atoms with Crippen molar-refractivity contribution in [3.05, 3.63) is 51.5 Å². The lowest BCUT2D eigenvalue weighted by atomic mass is 10.0. The molecule has 0 saturated heterocycles. The van der Waals surface area contributed by atoms with Gasteiger partial charge >= 0.3 is 6.18 Å². The number of rotatable bonds is 3. The lowest BCUT2D eigenvalue weighted by Crippen LogP contribution is -2.42. The molecule has 1 aromatic carbocycles. The number of halogens is 3. The van der Waals surface area contributed by atoms with Crippen molar-refractivity contribution in [2.24, 2.45) is 5.92 Å². The van der Waals surface area contributed by atoms with E-state index in [-0.39, 0.29) is 5.56 Å². The molecule has 2 N–H and O–H groups in total. The summed E-state index contributed by atoms with van der Waals surface area (Å²) in [4.78, 5) is 28.3. The van der Waals surface area contributed by atoms with Crippen LogP contribution in [0.15, 0.2) is 29.8 Å². The maximum atomic E-state index is 13.1. The second kappa shape index (κ2) is 6.47. The number of nitrogens with zero attached hydrogens (tertiary/aromatic N) is 1. The summed E-state index contributed by atoms with van der Waals surface area (Å²) in [5, 5.41) is 0. The number of thiazole rings is 1. The monoisotopic (exact) mass is 369 g/mol. The van der Waals surface area contributed by atoms with Crippen LogP contribution in [0.25, 0.3) is 0 Å². The molecule has 0 bridgehead atoms. The van der Waals surface area contributed by atoms with Gasteiger partial charge in [-0.2, -0.15) is 13.2 Å². The Hall–Kier alpha value is -2.42. The van der Waals surface area contributed by atoms with Crippen LogP contribution < -0.4 is 10.9 Å². The number of benzene rings is 1. The number of hydrazine groups is 1. The van der Waals surface area contributed by atoms with E-state index in [1.807, 2.05) is 0 Å². The largest absolute Gasteiger partial charge is 0.416 e. The molecule has 2 aromatic rings. The number of alkyl halides is 3. The van der Waals surface area contributed by atoms with E-state index in [2.05, 4.69) is 15.8 Å². The zero-order valence-corrected chi connectivity index (χ0v) is 13.9. The van der Waals surface area contributed by atoms with Crippen molar-refractivity contribution in [1.82, 2.24) is 15.8 Å². The number of amides is 2. The molecule has 2 atom stereocenters. The van der Waals surface area contributed by atoms with Gasteiger partial charge in [0.05, 0.1) is 16.8 Å². The van der Waals surface area contributed by atoms with Gasteiger partial charge in [-0.25, -0.2) is 4.98 Å². The zero-order valence-electron chi connectivity index (χ0n) is 13.1. The van der Waals surface area contributed by atoms with E-state index in [4.69, 9.17) is 0 Å². The fourth-order valence-corrected chi connectivity index (χ4v) is 3.39. The number of hydrogen-bond acceptors (Lipinski definition) is 4. The molecule has 2 amide bonds. The third-order valence-electron chi connectivity index (χ3n) is 4.04. The molecule has 1 fully saturated rings. The Bertz CT molecular complexity index is 819. The van der Waals surface area contributed by atoms with Gasteiger partial charge in [0, 0.05) is 5.92 Å². The molecule has 1 aliphatic rings. The summed E-state index contributed by atoms with van der Waals surface area (Å²) in [5.74, 6) is -2.09. The third-order valence-corrected chi connectivity index (χ3v) is 4.97. The van der Waals surface area contributed by atoms with Gasteiger partial charge in [-0.3, -0.25) is 20.4 Å². The van der Waals surface area contributed by atoms with Crippen LogP contribution >= 0.6 is 11.3 Å². The number of carbonyl (C=O) groups is 2. The Labute approximate surface area is 145 Å². The van der Waals surface area contributed by atoms with Gasteiger partial charge in [-0.05, 0) is 30.9 Å². The number of nitrogens with one attached hydrogen (secondary N) is 2. The minimum atomic E-state index is -4.46. The second-order valence-corrected chi connectivity index (χ2v) is 6.60. The molecule has 0 unspecified atom stereocenters. The fourth-order valence-electron chi connectivity index (χ4n) is 2.69. The van der Waals surface area contributed by atoms with Crippen molar-refractivity contribution in [3.8, 4) is 0 Å². The van der Waals surface area contributed by atoms with Gasteiger partial charge in [0.1, 0.15) is 4.88 Å². The van der Waals surface area contributed by atoms with Gasteiger partial charge in [0.2, 0.25) is 5.91 Å². The Morgan fingerprint density at radius 3 is 2.60 bits per heavy atom. The summed E-state index contributed by atoms with van der Waals surface area (Å²) in [6.07, 6.45) is -4.15. The molecule has 9 heteroatoms. The summed E-state index contributed by atoms with van der Waals surface area (Å²) >= 11 is 1.14. The molecule has 1 heterocycles. The SMILES string of the molecule is Cc1ncsc1C(=O)NNC(=O)[C@H]1C[C@H]1c1ccccc1C(F)(F)F. The molecule has 0 radical (unpaired) electrons.